The first kappa shape index (κ1) is 38.9. The number of aliphatic carboxylic acids is 3. The highest BCUT2D eigenvalue weighted by atomic mass is 16.4. The summed E-state index contributed by atoms with van der Waals surface area (Å²) in [6, 6.07) is 0. The van der Waals surface area contributed by atoms with Crippen LogP contribution >= 0.6 is 0 Å². The molecule has 0 rings (SSSR count). The Labute approximate surface area is 220 Å². The van der Waals surface area contributed by atoms with Crippen LogP contribution in [0, 0.1) is 0 Å². The van der Waals surface area contributed by atoms with E-state index in [1.165, 1.54) is 83.5 Å². The average Bonchev–Trinajstić information content (AvgIpc) is 2.80. The summed E-state index contributed by atoms with van der Waals surface area (Å²) in [4.78, 5) is 30.6. The summed E-state index contributed by atoms with van der Waals surface area (Å²) >= 11 is 0. The summed E-state index contributed by atoms with van der Waals surface area (Å²) < 4.78 is 0. The molecule has 0 spiro atoms. The topological polar surface area (TPSA) is 173 Å². The zero-order valence-electron chi connectivity index (χ0n) is 23.0. The molecule has 0 bridgehead atoms. The molecule has 0 aromatic carbocycles. The smallest absolute Gasteiger partial charge is 0.303 e. The molecule has 0 aliphatic rings. The van der Waals surface area contributed by atoms with E-state index in [2.05, 4.69) is 0 Å². The fourth-order valence-electron chi connectivity index (χ4n) is 3.98. The molecule has 0 aromatic rings. The third-order valence-corrected chi connectivity index (χ3v) is 6.13. The lowest BCUT2D eigenvalue weighted by molar-refractivity contribution is -0.138. The predicted octanol–water partition coefficient (Wildman–Crippen LogP) is 7.71. The van der Waals surface area contributed by atoms with Crippen LogP contribution in [0.4, 0.5) is 0 Å². The van der Waals surface area contributed by atoms with Gasteiger partial charge >= 0.3 is 17.9 Å². The summed E-state index contributed by atoms with van der Waals surface area (Å²) in [7, 11) is 0. The number of rotatable bonds is 26. The first-order valence-corrected chi connectivity index (χ1v) is 14.3. The maximum atomic E-state index is 10.3. The van der Waals surface area contributed by atoms with Gasteiger partial charge in [0.05, 0.1) is 0 Å². The molecule has 0 unspecified atom stereocenters. The Morgan fingerprint density at radius 2 is 0.528 bits per heavy atom. The number of carbonyl (C=O) groups is 3. The third kappa shape index (κ3) is 42.5. The second kappa shape index (κ2) is 33.3. The molecule has 0 atom stereocenters. The highest BCUT2D eigenvalue weighted by Gasteiger charge is 1.99. The van der Waals surface area contributed by atoms with E-state index in [0.29, 0.717) is 6.42 Å². The van der Waals surface area contributed by atoms with Crippen molar-refractivity contribution in [3.8, 4) is 0 Å². The monoisotopic (exact) mass is 518 g/mol. The van der Waals surface area contributed by atoms with Gasteiger partial charge in [-0.05, 0) is 32.2 Å². The van der Waals surface area contributed by atoms with E-state index in [9.17, 15) is 14.4 Å². The van der Waals surface area contributed by atoms with Crippen molar-refractivity contribution in [2.75, 3.05) is 6.54 Å². The fraction of sp³-hybridized carbons (Fsp3) is 0.893. The summed E-state index contributed by atoms with van der Waals surface area (Å²) in [5.74, 6) is -2.14. The van der Waals surface area contributed by atoms with Gasteiger partial charge in [-0.25, -0.2) is 0 Å². The van der Waals surface area contributed by atoms with Crippen LogP contribution in [-0.2, 0) is 14.4 Å². The van der Waals surface area contributed by atoms with Crippen molar-refractivity contribution in [3.63, 3.8) is 0 Å². The highest BCUT2D eigenvalue weighted by molar-refractivity contribution is 5.67. The van der Waals surface area contributed by atoms with Crippen LogP contribution in [0.1, 0.15) is 154 Å². The van der Waals surface area contributed by atoms with Gasteiger partial charge < -0.3 is 27.2 Å². The maximum absolute atomic E-state index is 10.3. The van der Waals surface area contributed by atoms with Crippen molar-refractivity contribution < 1.29 is 29.7 Å². The Balaban J connectivity index is -0.000000635. The van der Waals surface area contributed by atoms with Crippen molar-refractivity contribution in [1.29, 1.82) is 0 Å². The van der Waals surface area contributed by atoms with E-state index >= 15 is 0 Å². The Hall–Kier alpha value is -1.67. The highest BCUT2D eigenvalue weighted by Crippen LogP contribution is 2.13. The Kier molecular flexibility index (Phi) is 36.0. The summed E-state index contributed by atoms with van der Waals surface area (Å²) in [5, 5.41) is 25.2. The van der Waals surface area contributed by atoms with Crippen LogP contribution in [0.2, 0.25) is 0 Å². The molecular weight excluding hydrogens is 460 g/mol. The SMILES string of the molecule is N.NCCCCCCCCCCCCCCCCCC(=O)O.O=C(O)CCCCCCCCC(=O)O. The fourth-order valence-corrected chi connectivity index (χ4v) is 3.98. The van der Waals surface area contributed by atoms with Crippen LogP contribution in [0.15, 0.2) is 0 Å². The summed E-state index contributed by atoms with van der Waals surface area (Å²) in [6.45, 7) is 0.847. The van der Waals surface area contributed by atoms with Gasteiger partial charge in [-0.1, -0.05) is 109 Å². The third-order valence-electron chi connectivity index (χ3n) is 6.13. The van der Waals surface area contributed by atoms with E-state index < -0.39 is 17.9 Å². The minimum absolute atomic E-state index is 0. The van der Waals surface area contributed by atoms with Gasteiger partial charge in [0, 0.05) is 19.3 Å². The molecule has 0 aliphatic heterocycles. The van der Waals surface area contributed by atoms with Gasteiger partial charge in [-0.2, -0.15) is 0 Å². The number of unbranched alkanes of at least 4 members (excludes halogenated alkanes) is 19. The molecule has 0 saturated carbocycles. The predicted molar refractivity (Wildman–Crippen MR) is 148 cm³/mol. The van der Waals surface area contributed by atoms with Gasteiger partial charge in [-0.15, -0.1) is 0 Å². The second-order valence-electron chi connectivity index (χ2n) is 9.64. The molecule has 0 aliphatic carbocycles. The molecule has 0 fully saturated rings. The van der Waals surface area contributed by atoms with Crippen LogP contribution in [0.25, 0.3) is 0 Å². The molecule has 8 heteroatoms. The molecule has 0 saturated heterocycles. The zero-order chi connectivity index (χ0) is 26.4. The average molecular weight is 519 g/mol. The minimum atomic E-state index is -0.740. The van der Waals surface area contributed by atoms with Crippen LogP contribution in [0.3, 0.4) is 0 Å². The van der Waals surface area contributed by atoms with Gasteiger partial charge in [-0.3, -0.25) is 14.4 Å². The van der Waals surface area contributed by atoms with E-state index in [1.54, 1.807) is 0 Å². The molecule has 0 amide bonds. The van der Waals surface area contributed by atoms with Gasteiger partial charge in [0.25, 0.3) is 0 Å². The molecule has 36 heavy (non-hydrogen) atoms. The first-order valence-electron chi connectivity index (χ1n) is 14.3. The second-order valence-corrected chi connectivity index (χ2v) is 9.64. The molecule has 0 radical (unpaired) electrons. The van der Waals surface area contributed by atoms with Crippen molar-refractivity contribution in [1.82, 2.24) is 6.15 Å². The normalized spacial score (nSPS) is 10.2. The number of hydrogen-bond donors (Lipinski definition) is 5. The molecule has 8 N–H and O–H groups in total. The summed E-state index contributed by atoms with van der Waals surface area (Å²) in [5.41, 5.74) is 5.47. The quantitative estimate of drug-likeness (QED) is 0.0723. The van der Waals surface area contributed by atoms with Crippen LogP contribution < -0.4 is 11.9 Å². The largest absolute Gasteiger partial charge is 0.481 e. The number of carboxylic acids is 3. The Bertz CT molecular complexity index is 469. The first-order chi connectivity index (χ1) is 16.9. The van der Waals surface area contributed by atoms with Gasteiger partial charge in [0.15, 0.2) is 0 Å². The lowest BCUT2D eigenvalue weighted by Gasteiger charge is -2.03. The van der Waals surface area contributed by atoms with Crippen molar-refractivity contribution >= 4 is 17.9 Å². The minimum Gasteiger partial charge on any atom is -0.481 e. The number of nitrogens with two attached hydrogens (primary N) is 1. The molecule has 216 valence electrons. The molecule has 8 nitrogen and oxygen atoms in total. The lowest BCUT2D eigenvalue weighted by Crippen LogP contribution is -1.97. The van der Waals surface area contributed by atoms with Crippen LogP contribution in [0.5, 0.6) is 0 Å². The molecule has 0 heterocycles. The van der Waals surface area contributed by atoms with Gasteiger partial charge in [0.2, 0.25) is 0 Å². The molecule has 0 aromatic heterocycles. The van der Waals surface area contributed by atoms with E-state index in [1.807, 2.05) is 0 Å². The van der Waals surface area contributed by atoms with Crippen molar-refractivity contribution in [2.24, 2.45) is 5.73 Å². The Morgan fingerprint density at radius 1 is 0.361 bits per heavy atom. The van der Waals surface area contributed by atoms with Crippen LogP contribution in [-0.4, -0.2) is 39.8 Å². The van der Waals surface area contributed by atoms with Crippen molar-refractivity contribution in [2.45, 2.75) is 154 Å². The standard InChI is InChI=1S/C18H37NO2.C10H18O4.H3N/c19-17-15-13-11-9-7-5-3-1-2-4-6-8-10-12-14-16-18(20)21;11-9(12)7-5-3-1-2-4-6-8-10(13)14;/h1-17,19H2,(H,20,21);1-8H2,(H,11,12)(H,13,14);1H3. The number of carboxylic acid groups (broad SMARTS) is 3. The Morgan fingerprint density at radius 3 is 0.694 bits per heavy atom. The van der Waals surface area contributed by atoms with E-state index in [-0.39, 0.29) is 19.0 Å². The van der Waals surface area contributed by atoms with Gasteiger partial charge in [0.1, 0.15) is 0 Å². The lowest BCUT2D eigenvalue weighted by atomic mass is 10.0. The zero-order valence-corrected chi connectivity index (χ0v) is 23.0. The maximum Gasteiger partial charge on any atom is 0.303 e. The van der Waals surface area contributed by atoms with Crippen molar-refractivity contribution in [3.05, 3.63) is 0 Å². The summed E-state index contributed by atoms with van der Waals surface area (Å²) in [6.07, 6.45) is 25.5. The van der Waals surface area contributed by atoms with E-state index in [0.717, 1.165) is 57.9 Å². The number of hydrogen-bond acceptors (Lipinski definition) is 5. The van der Waals surface area contributed by atoms with E-state index in [4.69, 9.17) is 21.1 Å². The molecular formula is C28H58N2O6.